The van der Waals surface area contributed by atoms with Crippen LogP contribution >= 0.6 is 0 Å². The van der Waals surface area contributed by atoms with E-state index < -0.39 is 21.0 Å². The molecule has 5 nitrogen and oxygen atoms in total. The molecule has 1 amide bonds. The standard InChI is InChI=1S/C20H24N2O3S/c1-15(2)26(24,25)19-11-4-3-10-18(19)20(23)21-16-8-7-9-17(14-16)22-12-5-6-13-22/h3-4,7-11,14-15H,5-6,12-13H2,1-2H3,(H,21,23). The number of rotatable bonds is 5. The first-order valence-corrected chi connectivity index (χ1v) is 10.4. The third-order valence-electron chi connectivity index (χ3n) is 4.63. The first kappa shape index (κ1) is 18.5. The second-order valence-corrected chi connectivity index (χ2v) is 9.26. The van der Waals surface area contributed by atoms with Crippen molar-refractivity contribution in [1.29, 1.82) is 0 Å². The van der Waals surface area contributed by atoms with Gasteiger partial charge in [-0.2, -0.15) is 0 Å². The number of hydrogen-bond acceptors (Lipinski definition) is 4. The summed E-state index contributed by atoms with van der Waals surface area (Å²) in [5.41, 5.74) is 1.91. The van der Waals surface area contributed by atoms with Gasteiger partial charge >= 0.3 is 0 Å². The molecule has 3 rings (SSSR count). The maximum absolute atomic E-state index is 12.7. The van der Waals surface area contributed by atoms with Crippen LogP contribution in [-0.4, -0.2) is 32.7 Å². The van der Waals surface area contributed by atoms with Crippen molar-refractivity contribution in [3.8, 4) is 0 Å². The Labute approximate surface area is 154 Å². The zero-order chi connectivity index (χ0) is 18.7. The normalized spacial score (nSPS) is 14.7. The van der Waals surface area contributed by atoms with Crippen LogP contribution in [0.4, 0.5) is 11.4 Å². The lowest BCUT2D eigenvalue weighted by atomic mass is 10.2. The number of nitrogens with zero attached hydrogens (tertiary/aromatic N) is 1. The molecule has 0 aliphatic carbocycles. The summed E-state index contributed by atoms with van der Waals surface area (Å²) < 4.78 is 25.1. The lowest BCUT2D eigenvalue weighted by molar-refractivity contribution is 0.102. The van der Waals surface area contributed by atoms with Crippen LogP contribution in [0.5, 0.6) is 0 Å². The van der Waals surface area contributed by atoms with E-state index in [1.54, 1.807) is 32.0 Å². The van der Waals surface area contributed by atoms with Crippen molar-refractivity contribution in [3.63, 3.8) is 0 Å². The van der Waals surface area contributed by atoms with Crippen LogP contribution < -0.4 is 10.2 Å². The summed E-state index contributed by atoms with van der Waals surface area (Å²) in [6.45, 7) is 5.27. The fourth-order valence-electron chi connectivity index (χ4n) is 3.11. The van der Waals surface area contributed by atoms with Crippen molar-refractivity contribution in [2.75, 3.05) is 23.3 Å². The summed E-state index contributed by atoms with van der Waals surface area (Å²) in [5.74, 6) is -0.414. The van der Waals surface area contributed by atoms with Gasteiger partial charge in [-0.25, -0.2) is 8.42 Å². The molecule has 0 radical (unpaired) electrons. The van der Waals surface area contributed by atoms with Crippen molar-refractivity contribution >= 4 is 27.1 Å². The molecular formula is C20H24N2O3S. The van der Waals surface area contributed by atoms with E-state index in [2.05, 4.69) is 10.2 Å². The average Bonchev–Trinajstić information content (AvgIpc) is 3.16. The quantitative estimate of drug-likeness (QED) is 0.869. The maximum Gasteiger partial charge on any atom is 0.256 e. The topological polar surface area (TPSA) is 66.5 Å². The first-order chi connectivity index (χ1) is 12.4. The van der Waals surface area contributed by atoms with Crippen LogP contribution in [0.25, 0.3) is 0 Å². The molecule has 6 heteroatoms. The van der Waals surface area contributed by atoms with Crippen LogP contribution in [0, 0.1) is 0 Å². The number of carbonyl (C=O) groups is 1. The minimum atomic E-state index is -3.54. The molecule has 1 saturated heterocycles. The number of benzene rings is 2. The molecule has 0 spiro atoms. The van der Waals surface area contributed by atoms with E-state index in [0.29, 0.717) is 5.69 Å². The van der Waals surface area contributed by atoms with Gasteiger partial charge in [0.25, 0.3) is 5.91 Å². The zero-order valence-corrected chi connectivity index (χ0v) is 15.9. The van der Waals surface area contributed by atoms with Gasteiger partial charge in [0, 0.05) is 24.5 Å². The lowest BCUT2D eigenvalue weighted by Gasteiger charge is -2.18. The summed E-state index contributed by atoms with van der Waals surface area (Å²) in [5, 5.41) is 2.26. The fourth-order valence-corrected chi connectivity index (χ4v) is 4.35. The minimum absolute atomic E-state index is 0.0724. The second-order valence-electron chi connectivity index (χ2n) is 6.79. The van der Waals surface area contributed by atoms with Crippen molar-refractivity contribution < 1.29 is 13.2 Å². The largest absolute Gasteiger partial charge is 0.371 e. The monoisotopic (exact) mass is 372 g/mol. The van der Waals surface area contributed by atoms with E-state index in [9.17, 15) is 13.2 Å². The van der Waals surface area contributed by atoms with Crippen LogP contribution in [-0.2, 0) is 9.84 Å². The minimum Gasteiger partial charge on any atom is -0.371 e. The highest BCUT2D eigenvalue weighted by Gasteiger charge is 2.25. The van der Waals surface area contributed by atoms with Crippen LogP contribution in [0.1, 0.15) is 37.0 Å². The van der Waals surface area contributed by atoms with Gasteiger partial charge in [-0.15, -0.1) is 0 Å². The zero-order valence-electron chi connectivity index (χ0n) is 15.1. The highest BCUT2D eigenvalue weighted by Crippen LogP contribution is 2.25. The molecule has 1 heterocycles. The average molecular weight is 372 g/mol. The summed E-state index contributed by atoms with van der Waals surface area (Å²) in [6.07, 6.45) is 2.36. The summed E-state index contributed by atoms with van der Waals surface area (Å²) in [7, 11) is -3.54. The second kappa shape index (κ2) is 7.50. The molecule has 0 saturated carbocycles. The Bertz CT molecular complexity index is 901. The van der Waals surface area contributed by atoms with E-state index in [1.807, 2.05) is 24.3 Å². The van der Waals surface area contributed by atoms with E-state index in [4.69, 9.17) is 0 Å². The molecule has 0 bridgehead atoms. The number of anilines is 2. The molecule has 1 aliphatic rings. The van der Waals surface area contributed by atoms with E-state index in [0.717, 1.165) is 18.8 Å². The number of sulfone groups is 1. The van der Waals surface area contributed by atoms with E-state index in [-0.39, 0.29) is 10.5 Å². The highest BCUT2D eigenvalue weighted by molar-refractivity contribution is 7.92. The molecule has 26 heavy (non-hydrogen) atoms. The van der Waals surface area contributed by atoms with Gasteiger partial charge in [0.05, 0.1) is 15.7 Å². The van der Waals surface area contributed by atoms with E-state index in [1.165, 1.54) is 18.9 Å². The van der Waals surface area contributed by atoms with Crippen molar-refractivity contribution in [1.82, 2.24) is 0 Å². The van der Waals surface area contributed by atoms with Gasteiger partial charge in [-0.1, -0.05) is 18.2 Å². The number of amides is 1. The van der Waals surface area contributed by atoms with Gasteiger partial charge in [0.15, 0.2) is 9.84 Å². The Morgan fingerprint density at radius 2 is 1.73 bits per heavy atom. The Morgan fingerprint density at radius 3 is 2.42 bits per heavy atom. The van der Waals surface area contributed by atoms with Crippen molar-refractivity contribution in [2.24, 2.45) is 0 Å². The molecule has 0 aromatic heterocycles. The molecule has 1 aliphatic heterocycles. The molecule has 1 fully saturated rings. The van der Waals surface area contributed by atoms with E-state index >= 15 is 0 Å². The smallest absolute Gasteiger partial charge is 0.256 e. The lowest BCUT2D eigenvalue weighted by Crippen LogP contribution is -2.21. The molecule has 138 valence electrons. The van der Waals surface area contributed by atoms with Crippen molar-refractivity contribution in [2.45, 2.75) is 36.8 Å². The SMILES string of the molecule is CC(C)S(=O)(=O)c1ccccc1C(=O)Nc1cccc(N2CCCC2)c1. The first-order valence-electron chi connectivity index (χ1n) is 8.89. The Hall–Kier alpha value is -2.34. The van der Waals surface area contributed by atoms with Crippen LogP contribution in [0.3, 0.4) is 0 Å². The Balaban J connectivity index is 1.87. The van der Waals surface area contributed by atoms with Crippen LogP contribution in [0.15, 0.2) is 53.4 Å². The summed E-state index contributed by atoms with van der Waals surface area (Å²) in [6, 6.07) is 14.0. The fraction of sp³-hybridized carbons (Fsp3) is 0.350. The summed E-state index contributed by atoms with van der Waals surface area (Å²) in [4.78, 5) is 15.1. The van der Waals surface area contributed by atoms with Gasteiger partial charge in [-0.05, 0) is 57.0 Å². The molecule has 0 atom stereocenters. The van der Waals surface area contributed by atoms with Gasteiger partial charge in [0.1, 0.15) is 0 Å². The van der Waals surface area contributed by atoms with Gasteiger partial charge < -0.3 is 10.2 Å². The predicted molar refractivity (Wildman–Crippen MR) is 105 cm³/mol. The molecule has 2 aromatic carbocycles. The maximum atomic E-state index is 12.7. The molecular weight excluding hydrogens is 348 g/mol. The number of carbonyl (C=O) groups excluding carboxylic acids is 1. The highest BCUT2D eigenvalue weighted by atomic mass is 32.2. The summed E-state index contributed by atoms with van der Waals surface area (Å²) >= 11 is 0. The number of hydrogen-bond donors (Lipinski definition) is 1. The third kappa shape index (κ3) is 3.75. The molecule has 2 aromatic rings. The third-order valence-corrected chi connectivity index (χ3v) is 6.84. The Morgan fingerprint density at radius 1 is 1.04 bits per heavy atom. The van der Waals surface area contributed by atoms with Crippen molar-refractivity contribution in [3.05, 3.63) is 54.1 Å². The molecule has 1 N–H and O–H groups in total. The van der Waals surface area contributed by atoms with Gasteiger partial charge in [-0.3, -0.25) is 4.79 Å². The van der Waals surface area contributed by atoms with Gasteiger partial charge in [0.2, 0.25) is 0 Å². The van der Waals surface area contributed by atoms with Crippen LogP contribution in [0.2, 0.25) is 0 Å². The molecule has 0 unspecified atom stereocenters. The number of nitrogens with one attached hydrogen (secondary N) is 1. The predicted octanol–water partition coefficient (Wildman–Crippen LogP) is 3.72. The Kier molecular flexibility index (Phi) is 5.32.